The van der Waals surface area contributed by atoms with Gasteiger partial charge in [0, 0.05) is 17.6 Å². The van der Waals surface area contributed by atoms with Crippen molar-refractivity contribution < 1.29 is 4.79 Å². The van der Waals surface area contributed by atoms with Crippen molar-refractivity contribution in [2.75, 3.05) is 6.54 Å². The highest BCUT2D eigenvalue weighted by molar-refractivity contribution is 7.07. The average molecular weight is 268 g/mol. The molecule has 2 aromatic heterocycles. The third-order valence-corrected chi connectivity index (χ3v) is 2.86. The van der Waals surface area contributed by atoms with Crippen LogP contribution in [-0.2, 0) is 13.1 Å². The number of nitrogens with zero attached hydrogens (tertiary/aromatic N) is 3. The van der Waals surface area contributed by atoms with Gasteiger partial charge in [-0.3, -0.25) is 14.3 Å². The van der Waals surface area contributed by atoms with Crippen molar-refractivity contribution in [2.45, 2.75) is 13.1 Å². The molecule has 18 heavy (non-hydrogen) atoms. The monoisotopic (exact) mass is 268 g/mol. The van der Waals surface area contributed by atoms with E-state index in [-0.39, 0.29) is 23.0 Å². The van der Waals surface area contributed by atoms with Crippen molar-refractivity contribution in [3.63, 3.8) is 0 Å². The largest absolute Gasteiger partial charge is 0.345 e. The van der Waals surface area contributed by atoms with Crippen molar-refractivity contribution in [3.8, 4) is 0 Å². The van der Waals surface area contributed by atoms with Crippen LogP contribution in [0.2, 0.25) is 0 Å². The van der Waals surface area contributed by atoms with Crippen LogP contribution in [0.4, 0.5) is 0 Å². The zero-order chi connectivity index (χ0) is 13.0. The highest BCUT2D eigenvalue weighted by Gasteiger charge is 2.10. The molecule has 2 heterocycles. The van der Waals surface area contributed by atoms with E-state index >= 15 is 0 Å². The van der Waals surface area contributed by atoms with Crippen LogP contribution in [0.1, 0.15) is 16.2 Å². The molecule has 2 aromatic rings. The summed E-state index contributed by atoms with van der Waals surface area (Å²) in [5.74, 6) is -0.342. The Morgan fingerprint density at radius 1 is 1.61 bits per heavy atom. The van der Waals surface area contributed by atoms with E-state index in [1.54, 1.807) is 5.38 Å². The van der Waals surface area contributed by atoms with Gasteiger partial charge >= 0.3 is 4.87 Å². The van der Waals surface area contributed by atoms with Crippen LogP contribution >= 0.6 is 11.3 Å². The average Bonchev–Trinajstić information content (AvgIpc) is 2.96. The molecule has 1 amide bonds. The van der Waals surface area contributed by atoms with Crippen molar-refractivity contribution in [3.05, 3.63) is 32.6 Å². The van der Waals surface area contributed by atoms with Crippen LogP contribution in [0.25, 0.3) is 0 Å². The lowest BCUT2D eigenvalue weighted by atomic mass is 10.4. The number of carbonyl (C=O) groups is 1. The summed E-state index contributed by atoms with van der Waals surface area (Å²) in [6, 6.07) is 0. The number of hydrogen-bond acceptors (Lipinski definition) is 6. The number of nitrogens with one attached hydrogen (secondary N) is 2. The minimum Gasteiger partial charge on any atom is -0.345 e. The van der Waals surface area contributed by atoms with E-state index in [2.05, 4.69) is 20.6 Å². The molecule has 0 spiro atoms. The van der Waals surface area contributed by atoms with Gasteiger partial charge in [0.15, 0.2) is 5.69 Å². The first kappa shape index (κ1) is 12.5. The topological polar surface area (TPSA) is 119 Å². The predicted molar refractivity (Wildman–Crippen MR) is 65.2 cm³/mol. The summed E-state index contributed by atoms with van der Waals surface area (Å²) in [4.78, 5) is 25.0. The number of thiazole rings is 1. The van der Waals surface area contributed by atoms with E-state index in [4.69, 9.17) is 5.73 Å². The molecule has 4 N–H and O–H groups in total. The molecule has 0 saturated carbocycles. The summed E-state index contributed by atoms with van der Waals surface area (Å²) < 4.78 is 1.50. The minimum absolute atomic E-state index is 0.145. The second-order valence-electron chi connectivity index (χ2n) is 3.51. The highest BCUT2D eigenvalue weighted by Crippen LogP contribution is 1.97. The zero-order valence-electron chi connectivity index (χ0n) is 9.42. The molecule has 8 nitrogen and oxygen atoms in total. The molecule has 9 heteroatoms. The second-order valence-corrected chi connectivity index (χ2v) is 4.35. The maximum Gasteiger partial charge on any atom is 0.304 e. The normalized spacial score (nSPS) is 10.5. The molecule has 0 radical (unpaired) electrons. The standard InChI is InChI=1S/C9H12N6O2S/c10-1-2-15-4-7(13-14-15)8(16)11-3-6-5-18-9(17)12-6/h4-5H,1-3,10H2,(H,11,16)(H,12,17). The molecule has 0 aliphatic carbocycles. The fraction of sp³-hybridized carbons (Fsp3) is 0.333. The molecule has 96 valence electrons. The fourth-order valence-corrected chi connectivity index (χ4v) is 1.89. The lowest BCUT2D eigenvalue weighted by Gasteiger charge is -1.99. The number of rotatable bonds is 5. The van der Waals surface area contributed by atoms with Crippen molar-refractivity contribution in [1.82, 2.24) is 25.3 Å². The summed E-state index contributed by atoms with van der Waals surface area (Å²) in [5, 5.41) is 11.8. The molecule has 0 saturated heterocycles. The number of hydrogen-bond donors (Lipinski definition) is 3. The van der Waals surface area contributed by atoms with E-state index in [0.29, 0.717) is 18.8 Å². The number of amides is 1. The Labute approximate surface area is 106 Å². The van der Waals surface area contributed by atoms with E-state index in [9.17, 15) is 9.59 Å². The van der Waals surface area contributed by atoms with Gasteiger partial charge in [-0.25, -0.2) is 0 Å². The highest BCUT2D eigenvalue weighted by atomic mass is 32.1. The van der Waals surface area contributed by atoms with E-state index in [1.807, 2.05) is 0 Å². The second kappa shape index (κ2) is 5.56. The van der Waals surface area contributed by atoms with E-state index in [0.717, 1.165) is 11.3 Å². The summed E-state index contributed by atoms with van der Waals surface area (Å²) >= 11 is 1.05. The van der Waals surface area contributed by atoms with Crippen LogP contribution in [-0.4, -0.2) is 32.4 Å². The Kier molecular flexibility index (Phi) is 3.85. The van der Waals surface area contributed by atoms with Crippen LogP contribution in [0.15, 0.2) is 16.4 Å². The number of aromatic amines is 1. The van der Waals surface area contributed by atoms with Crippen molar-refractivity contribution in [2.24, 2.45) is 5.73 Å². The summed E-state index contributed by atoms with van der Waals surface area (Å²) in [6.07, 6.45) is 1.53. The number of H-pyrrole nitrogens is 1. The molecule has 0 unspecified atom stereocenters. The molecule has 0 bridgehead atoms. The quantitative estimate of drug-likeness (QED) is 0.637. The van der Waals surface area contributed by atoms with Gasteiger partial charge in [0.2, 0.25) is 0 Å². The molecule has 0 aliphatic heterocycles. The predicted octanol–water partition coefficient (Wildman–Crippen LogP) is -1.08. The minimum atomic E-state index is -0.342. The summed E-state index contributed by atoms with van der Waals surface area (Å²) in [6.45, 7) is 1.19. The maximum atomic E-state index is 11.7. The lowest BCUT2D eigenvalue weighted by Crippen LogP contribution is -2.23. The Morgan fingerprint density at radius 2 is 2.44 bits per heavy atom. The van der Waals surface area contributed by atoms with Gasteiger partial charge in [-0.2, -0.15) is 0 Å². The third-order valence-electron chi connectivity index (χ3n) is 2.14. The molecule has 0 aliphatic rings. The Morgan fingerprint density at radius 3 is 3.11 bits per heavy atom. The first-order chi connectivity index (χ1) is 8.69. The van der Waals surface area contributed by atoms with Gasteiger partial charge in [0.05, 0.1) is 19.3 Å². The molecule has 2 rings (SSSR count). The number of nitrogens with two attached hydrogens (primary N) is 1. The van der Waals surface area contributed by atoms with Gasteiger partial charge in [0.1, 0.15) is 0 Å². The van der Waals surface area contributed by atoms with Gasteiger partial charge < -0.3 is 16.0 Å². The summed E-state index contributed by atoms with van der Waals surface area (Å²) in [7, 11) is 0. The molecular weight excluding hydrogens is 256 g/mol. The van der Waals surface area contributed by atoms with Crippen LogP contribution < -0.4 is 15.9 Å². The maximum absolute atomic E-state index is 11.7. The SMILES string of the molecule is NCCn1cc(C(=O)NCc2csc(=O)[nH]2)nn1. The summed E-state index contributed by atoms with van der Waals surface area (Å²) in [5.41, 5.74) is 6.24. The van der Waals surface area contributed by atoms with Gasteiger partial charge in [0.25, 0.3) is 5.91 Å². The third kappa shape index (κ3) is 3.02. The van der Waals surface area contributed by atoms with Gasteiger partial charge in [-0.15, -0.1) is 5.10 Å². The first-order valence-electron chi connectivity index (χ1n) is 5.24. The smallest absolute Gasteiger partial charge is 0.304 e. The number of carbonyl (C=O) groups excluding carboxylic acids is 1. The van der Waals surface area contributed by atoms with Crippen molar-refractivity contribution in [1.29, 1.82) is 0 Å². The van der Waals surface area contributed by atoms with Crippen molar-refractivity contribution >= 4 is 17.2 Å². The Hall–Kier alpha value is -2.00. The first-order valence-corrected chi connectivity index (χ1v) is 6.12. The molecule has 0 atom stereocenters. The van der Waals surface area contributed by atoms with E-state index in [1.165, 1.54) is 10.9 Å². The van der Waals surface area contributed by atoms with Crippen LogP contribution in [0.3, 0.4) is 0 Å². The number of aromatic nitrogens is 4. The zero-order valence-corrected chi connectivity index (χ0v) is 10.2. The Balaban J connectivity index is 1.92. The lowest BCUT2D eigenvalue weighted by molar-refractivity contribution is 0.0945. The van der Waals surface area contributed by atoms with Crippen LogP contribution in [0.5, 0.6) is 0 Å². The Bertz CT molecular complexity index is 586. The van der Waals surface area contributed by atoms with E-state index < -0.39 is 0 Å². The molecular formula is C9H12N6O2S. The van der Waals surface area contributed by atoms with Gasteiger partial charge in [-0.1, -0.05) is 16.6 Å². The fourth-order valence-electron chi connectivity index (χ4n) is 1.31. The molecule has 0 fully saturated rings. The molecule has 0 aromatic carbocycles. The van der Waals surface area contributed by atoms with Crippen LogP contribution in [0, 0.1) is 0 Å². The van der Waals surface area contributed by atoms with Gasteiger partial charge in [-0.05, 0) is 0 Å².